The largest absolute Gasteiger partial charge is 0.353 e. The smallest absolute Gasteiger partial charge is 0.243 e. The number of nitrogens with one attached hydrogen (secondary N) is 1. The van der Waals surface area contributed by atoms with Gasteiger partial charge in [-0.2, -0.15) is 0 Å². The molecule has 0 radical (unpaired) electrons. The van der Waals surface area contributed by atoms with Crippen LogP contribution in [0, 0.1) is 0 Å². The number of nitrogens with zero attached hydrogens (tertiary/aromatic N) is 1. The van der Waals surface area contributed by atoms with Gasteiger partial charge in [-0.3, -0.25) is 4.79 Å². The fourth-order valence-electron chi connectivity index (χ4n) is 2.56. The van der Waals surface area contributed by atoms with E-state index in [9.17, 15) is 4.79 Å². The van der Waals surface area contributed by atoms with Gasteiger partial charge in [-0.25, -0.2) is 0 Å². The number of carbonyl (C=O) groups excluding carboxylic acids is 1. The van der Waals surface area contributed by atoms with Crippen molar-refractivity contribution in [3.05, 3.63) is 11.6 Å². The van der Waals surface area contributed by atoms with Crippen molar-refractivity contribution in [1.82, 2.24) is 10.2 Å². The van der Waals surface area contributed by atoms with Gasteiger partial charge in [0.2, 0.25) is 5.91 Å². The number of allylic oxidation sites excluding steroid dienone is 1. The Balaban J connectivity index is 2.09. The molecule has 0 aromatic heterocycles. The minimum Gasteiger partial charge on any atom is -0.353 e. The van der Waals surface area contributed by atoms with Crippen LogP contribution in [0.3, 0.4) is 0 Å². The molecular weight excluding hydrogens is 224 g/mol. The number of carbonyl (C=O) groups is 1. The zero-order chi connectivity index (χ0) is 13.4. The Morgan fingerprint density at radius 3 is 2.56 bits per heavy atom. The van der Waals surface area contributed by atoms with Gasteiger partial charge in [-0.05, 0) is 46.7 Å². The Morgan fingerprint density at radius 2 is 1.94 bits per heavy atom. The van der Waals surface area contributed by atoms with Crippen molar-refractivity contribution in [1.29, 1.82) is 0 Å². The average Bonchev–Trinajstić information content (AvgIpc) is 2.34. The Labute approximate surface area is 112 Å². The van der Waals surface area contributed by atoms with Crippen LogP contribution >= 0.6 is 0 Å². The lowest BCUT2D eigenvalue weighted by atomic mass is 9.94. The first-order valence-electron chi connectivity index (χ1n) is 7.22. The van der Waals surface area contributed by atoms with Gasteiger partial charge < -0.3 is 10.2 Å². The molecule has 0 bridgehead atoms. The Morgan fingerprint density at radius 1 is 1.28 bits per heavy atom. The van der Waals surface area contributed by atoms with Crippen LogP contribution in [0.4, 0.5) is 0 Å². The maximum Gasteiger partial charge on any atom is 0.243 e. The standard InChI is InChI=1S/C15H28N2O/c1-13(2)12-15(18)16-10-7-11-17(3)14-8-5-4-6-9-14/h12,14H,4-11H2,1-3H3,(H,16,18). The predicted octanol–water partition coefficient (Wildman–Crippen LogP) is 2.72. The highest BCUT2D eigenvalue weighted by atomic mass is 16.1. The molecule has 0 aliphatic heterocycles. The lowest BCUT2D eigenvalue weighted by Crippen LogP contribution is -2.35. The summed E-state index contributed by atoms with van der Waals surface area (Å²) in [7, 11) is 2.22. The van der Waals surface area contributed by atoms with Gasteiger partial charge in [0.25, 0.3) is 0 Å². The van der Waals surface area contributed by atoms with Gasteiger partial charge >= 0.3 is 0 Å². The molecule has 3 heteroatoms. The second-order valence-electron chi connectivity index (χ2n) is 5.64. The average molecular weight is 252 g/mol. The molecule has 0 unspecified atom stereocenters. The lowest BCUT2D eigenvalue weighted by Gasteiger charge is -2.31. The van der Waals surface area contributed by atoms with Crippen LogP contribution in [-0.2, 0) is 4.79 Å². The maximum absolute atomic E-state index is 11.4. The van der Waals surface area contributed by atoms with Crippen LogP contribution < -0.4 is 5.32 Å². The van der Waals surface area contributed by atoms with Gasteiger partial charge in [-0.15, -0.1) is 0 Å². The summed E-state index contributed by atoms with van der Waals surface area (Å²) < 4.78 is 0. The van der Waals surface area contributed by atoms with E-state index in [-0.39, 0.29) is 5.91 Å². The van der Waals surface area contributed by atoms with E-state index in [2.05, 4.69) is 17.3 Å². The van der Waals surface area contributed by atoms with E-state index in [0.29, 0.717) is 0 Å². The minimum atomic E-state index is 0.0373. The molecule has 18 heavy (non-hydrogen) atoms. The molecule has 1 amide bonds. The number of hydrogen-bond acceptors (Lipinski definition) is 2. The van der Waals surface area contributed by atoms with Gasteiger partial charge in [0, 0.05) is 18.7 Å². The molecule has 0 spiro atoms. The first-order valence-corrected chi connectivity index (χ1v) is 7.22. The van der Waals surface area contributed by atoms with E-state index in [1.165, 1.54) is 32.1 Å². The SMILES string of the molecule is CC(C)=CC(=O)NCCCN(C)C1CCCCC1. The Hall–Kier alpha value is -0.830. The second-order valence-corrected chi connectivity index (χ2v) is 5.64. The van der Waals surface area contributed by atoms with E-state index < -0.39 is 0 Å². The molecule has 0 heterocycles. The highest BCUT2D eigenvalue weighted by molar-refractivity contribution is 5.87. The van der Waals surface area contributed by atoms with Crippen LogP contribution in [0.2, 0.25) is 0 Å². The molecule has 3 nitrogen and oxygen atoms in total. The molecule has 1 aliphatic carbocycles. The summed E-state index contributed by atoms with van der Waals surface area (Å²) in [5.74, 6) is 0.0373. The van der Waals surface area contributed by atoms with Crippen LogP contribution in [0.15, 0.2) is 11.6 Å². The first-order chi connectivity index (χ1) is 8.59. The summed E-state index contributed by atoms with van der Waals surface area (Å²) in [6.45, 7) is 5.74. The molecule has 1 saturated carbocycles. The van der Waals surface area contributed by atoms with E-state index in [0.717, 1.165) is 31.1 Å². The quantitative estimate of drug-likeness (QED) is 0.582. The molecular formula is C15H28N2O. The summed E-state index contributed by atoms with van der Waals surface area (Å²) in [6, 6.07) is 0.771. The number of amides is 1. The molecule has 0 atom stereocenters. The molecule has 0 aromatic carbocycles. The number of hydrogen-bond donors (Lipinski definition) is 1. The van der Waals surface area contributed by atoms with Gasteiger partial charge in [-0.1, -0.05) is 24.8 Å². The zero-order valence-corrected chi connectivity index (χ0v) is 12.2. The van der Waals surface area contributed by atoms with E-state index in [1.54, 1.807) is 6.08 Å². The van der Waals surface area contributed by atoms with Crippen LogP contribution in [0.1, 0.15) is 52.4 Å². The van der Waals surface area contributed by atoms with Crippen molar-refractivity contribution in [2.75, 3.05) is 20.1 Å². The van der Waals surface area contributed by atoms with Crippen molar-refractivity contribution < 1.29 is 4.79 Å². The summed E-state index contributed by atoms with van der Waals surface area (Å²) >= 11 is 0. The third kappa shape index (κ3) is 6.20. The molecule has 0 aromatic rings. The first kappa shape index (κ1) is 15.2. The maximum atomic E-state index is 11.4. The summed E-state index contributed by atoms with van der Waals surface area (Å²) in [6.07, 6.45) is 9.56. The van der Waals surface area contributed by atoms with E-state index >= 15 is 0 Å². The highest BCUT2D eigenvalue weighted by Gasteiger charge is 2.17. The second kappa shape index (κ2) is 8.30. The Kier molecular flexibility index (Phi) is 7.02. The molecule has 1 N–H and O–H groups in total. The fraction of sp³-hybridized carbons (Fsp3) is 0.800. The van der Waals surface area contributed by atoms with Crippen LogP contribution in [0.25, 0.3) is 0 Å². The van der Waals surface area contributed by atoms with E-state index in [1.807, 2.05) is 13.8 Å². The number of rotatable bonds is 6. The van der Waals surface area contributed by atoms with Crippen molar-refractivity contribution >= 4 is 5.91 Å². The molecule has 104 valence electrons. The van der Waals surface area contributed by atoms with Gasteiger partial charge in [0.05, 0.1) is 0 Å². The van der Waals surface area contributed by atoms with Crippen molar-refractivity contribution in [3.63, 3.8) is 0 Å². The normalized spacial score (nSPS) is 16.7. The van der Waals surface area contributed by atoms with Gasteiger partial charge in [0.1, 0.15) is 0 Å². The molecule has 1 aliphatic rings. The monoisotopic (exact) mass is 252 g/mol. The molecule has 1 fully saturated rings. The van der Waals surface area contributed by atoms with Crippen LogP contribution in [-0.4, -0.2) is 37.0 Å². The van der Waals surface area contributed by atoms with Crippen molar-refractivity contribution in [2.24, 2.45) is 0 Å². The topological polar surface area (TPSA) is 32.3 Å². The van der Waals surface area contributed by atoms with Crippen molar-refractivity contribution in [3.8, 4) is 0 Å². The van der Waals surface area contributed by atoms with Crippen LogP contribution in [0.5, 0.6) is 0 Å². The third-order valence-corrected chi connectivity index (χ3v) is 3.60. The Bertz CT molecular complexity index is 276. The minimum absolute atomic E-state index is 0.0373. The van der Waals surface area contributed by atoms with Gasteiger partial charge in [0.15, 0.2) is 0 Å². The lowest BCUT2D eigenvalue weighted by molar-refractivity contribution is -0.116. The highest BCUT2D eigenvalue weighted by Crippen LogP contribution is 2.21. The summed E-state index contributed by atoms with van der Waals surface area (Å²) in [5, 5.41) is 2.93. The molecule has 1 rings (SSSR count). The third-order valence-electron chi connectivity index (χ3n) is 3.60. The molecule has 0 saturated heterocycles. The zero-order valence-electron chi connectivity index (χ0n) is 12.2. The predicted molar refractivity (Wildman–Crippen MR) is 76.6 cm³/mol. The fourth-order valence-corrected chi connectivity index (χ4v) is 2.56. The summed E-state index contributed by atoms with van der Waals surface area (Å²) in [4.78, 5) is 13.9. The van der Waals surface area contributed by atoms with Crippen molar-refractivity contribution in [2.45, 2.75) is 58.4 Å². The van der Waals surface area contributed by atoms with E-state index in [4.69, 9.17) is 0 Å². The summed E-state index contributed by atoms with van der Waals surface area (Å²) in [5.41, 5.74) is 1.05.